The van der Waals surface area contributed by atoms with Gasteiger partial charge in [-0.1, -0.05) is 18.5 Å². The molecule has 26 heavy (non-hydrogen) atoms. The molecule has 0 aromatic heterocycles. The molecule has 1 aromatic carbocycles. The van der Waals surface area contributed by atoms with Crippen LogP contribution in [0.15, 0.2) is 29.2 Å². The van der Waals surface area contributed by atoms with Crippen LogP contribution in [0.3, 0.4) is 0 Å². The Morgan fingerprint density at radius 2 is 2.00 bits per heavy atom. The van der Waals surface area contributed by atoms with E-state index < -0.39 is 16.1 Å². The number of nitrogens with one attached hydrogen (secondary N) is 2. The summed E-state index contributed by atoms with van der Waals surface area (Å²) >= 11 is 5.77. The number of halogens is 1. The Morgan fingerprint density at radius 1 is 1.31 bits per heavy atom. The zero-order chi connectivity index (χ0) is 19.2. The van der Waals surface area contributed by atoms with Crippen LogP contribution in [0.4, 0.5) is 0 Å². The summed E-state index contributed by atoms with van der Waals surface area (Å²) in [7, 11) is -3.60. The summed E-state index contributed by atoms with van der Waals surface area (Å²) in [6, 6.07) is 5.73. The van der Waals surface area contributed by atoms with Crippen molar-refractivity contribution in [2.75, 3.05) is 13.2 Å². The van der Waals surface area contributed by atoms with E-state index in [0.29, 0.717) is 30.7 Å². The van der Waals surface area contributed by atoms with Crippen molar-refractivity contribution in [3.05, 3.63) is 29.3 Å². The van der Waals surface area contributed by atoms with E-state index in [4.69, 9.17) is 16.3 Å². The molecule has 0 spiro atoms. The highest BCUT2D eigenvalue weighted by Gasteiger charge is 2.31. The number of carbonyl (C=O) groups excluding carboxylic acids is 1. The van der Waals surface area contributed by atoms with Gasteiger partial charge in [0.2, 0.25) is 15.9 Å². The highest BCUT2D eigenvalue weighted by atomic mass is 35.5. The largest absolute Gasteiger partial charge is 0.394 e. The molecule has 1 aliphatic heterocycles. The molecule has 3 N–H and O–H groups in total. The second-order valence-corrected chi connectivity index (χ2v) is 8.43. The summed E-state index contributed by atoms with van der Waals surface area (Å²) in [5.41, 5.74) is 0. The Labute approximate surface area is 159 Å². The Bertz CT molecular complexity index is 696. The van der Waals surface area contributed by atoms with E-state index in [2.05, 4.69) is 10.0 Å². The van der Waals surface area contributed by atoms with E-state index in [1.807, 2.05) is 0 Å². The number of aliphatic hydroxyl groups is 1. The maximum absolute atomic E-state index is 12.2. The average Bonchev–Trinajstić information content (AvgIpc) is 2.62. The standard InChI is InChI=1S/C17H25ClN2O5S/c1-2-17(22)20-15-8-5-13(25-16(15)11-21)9-10-19-26(23,24)14-6-3-12(18)4-7-14/h3-4,6-7,13,15-16,19,21H,2,5,8-11H2,1H3,(H,20,22)/t13-,15+,16-/m0/s1. The van der Waals surface area contributed by atoms with Gasteiger partial charge in [0.1, 0.15) is 6.10 Å². The van der Waals surface area contributed by atoms with Gasteiger partial charge >= 0.3 is 0 Å². The summed E-state index contributed by atoms with van der Waals surface area (Å²) in [6.07, 6.45) is 1.59. The number of hydrogen-bond acceptors (Lipinski definition) is 5. The molecule has 7 nitrogen and oxygen atoms in total. The lowest BCUT2D eigenvalue weighted by molar-refractivity contribution is -0.128. The van der Waals surface area contributed by atoms with Crippen molar-refractivity contribution in [2.24, 2.45) is 0 Å². The molecule has 146 valence electrons. The number of benzene rings is 1. The monoisotopic (exact) mass is 404 g/mol. The maximum Gasteiger partial charge on any atom is 0.240 e. The van der Waals surface area contributed by atoms with Crippen LogP contribution in [0.5, 0.6) is 0 Å². The van der Waals surface area contributed by atoms with Gasteiger partial charge in [-0.15, -0.1) is 0 Å². The second-order valence-electron chi connectivity index (χ2n) is 6.22. The van der Waals surface area contributed by atoms with Crippen molar-refractivity contribution >= 4 is 27.5 Å². The van der Waals surface area contributed by atoms with Crippen LogP contribution < -0.4 is 10.0 Å². The Hall–Kier alpha value is -1.19. The molecule has 1 aliphatic rings. The zero-order valence-electron chi connectivity index (χ0n) is 14.7. The maximum atomic E-state index is 12.2. The smallest absolute Gasteiger partial charge is 0.240 e. The van der Waals surface area contributed by atoms with Gasteiger partial charge in [0.15, 0.2) is 0 Å². The first-order valence-electron chi connectivity index (χ1n) is 8.66. The molecule has 1 amide bonds. The molecule has 1 saturated heterocycles. The van der Waals surface area contributed by atoms with Crippen molar-refractivity contribution in [1.82, 2.24) is 10.0 Å². The first-order chi connectivity index (χ1) is 12.4. The summed E-state index contributed by atoms with van der Waals surface area (Å²) < 4.78 is 32.8. The van der Waals surface area contributed by atoms with Gasteiger partial charge in [-0.2, -0.15) is 0 Å². The quantitative estimate of drug-likeness (QED) is 0.608. The van der Waals surface area contributed by atoms with Crippen molar-refractivity contribution in [2.45, 2.75) is 55.8 Å². The van der Waals surface area contributed by atoms with Crippen LogP contribution in [-0.4, -0.2) is 50.8 Å². The van der Waals surface area contributed by atoms with Gasteiger partial charge in [-0.05, 0) is 43.5 Å². The number of sulfonamides is 1. The number of hydrogen-bond donors (Lipinski definition) is 3. The molecule has 1 aromatic rings. The number of rotatable bonds is 8. The number of ether oxygens (including phenoxy) is 1. The van der Waals surface area contributed by atoms with E-state index in [-0.39, 0.29) is 36.1 Å². The van der Waals surface area contributed by atoms with Crippen molar-refractivity contribution < 1.29 is 23.1 Å². The van der Waals surface area contributed by atoms with Gasteiger partial charge in [0.25, 0.3) is 0 Å². The molecule has 0 saturated carbocycles. The van der Waals surface area contributed by atoms with Crippen LogP contribution in [0, 0.1) is 0 Å². The first-order valence-corrected chi connectivity index (χ1v) is 10.5. The number of carbonyl (C=O) groups is 1. The summed E-state index contributed by atoms with van der Waals surface area (Å²) in [4.78, 5) is 11.7. The third-order valence-electron chi connectivity index (χ3n) is 4.35. The van der Waals surface area contributed by atoms with Gasteiger partial charge in [0, 0.05) is 18.0 Å². The minimum atomic E-state index is -3.60. The van der Waals surface area contributed by atoms with Crippen molar-refractivity contribution in [3.8, 4) is 0 Å². The number of amides is 1. The fraction of sp³-hybridized carbons (Fsp3) is 0.588. The van der Waals surface area contributed by atoms with Crippen LogP contribution in [0.1, 0.15) is 32.6 Å². The molecule has 0 radical (unpaired) electrons. The third kappa shape index (κ3) is 5.92. The Morgan fingerprint density at radius 3 is 2.62 bits per heavy atom. The first kappa shape index (κ1) is 21.1. The van der Waals surface area contributed by atoms with Gasteiger partial charge in [-0.25, -0.2) is 13.1 Å². The Kier molecular flexibility index (Phi) is 7.85. The lowest BCUT2D eigenvalue weighted by Gasteiger charge is -2.36. The zero-order valence-corrected chi connectivity index (χ0v) is 16.2. The molecule has 0 bridgehead atoms. The van der Waals surface area contributed by atoms with Crippen molar-refractivity contribution in [3.63, 3.8) is 0 Å². The molecular weight excluding hydrogens is 380 g/mol. The van der Waals surface area contributed by atoms with Gasteiger partial charge < -0.3 is 15.2 Å². The van der Waals surface area contributed by atoms with Crippen LogP contribution in [0.2, 0.25) is 5.02 Å². The van der Waals surface area contributed by atoms with Crippen LogP contribution in [0.25, 0.3) is 0 Å². The van der Waals surface area contributed by atoms with E-state index >= 15 is 0 Å². The fourth-order valence-corrected chi connectivity index (χ4v) is 4.04. The van der Waals surface area contributed by atoms with E-state index in [0.717, 1.165) is 0 Å². The highest BCUT2D eigenvalue weighted by Crippen LogP contribution is 2.22. The summed E-state index contributed by atoms with van der Waals surface area (Å²) in [6.45, 7) is 1.80. The van der Waals surface area contributed by atoms with E-state index in [1.165, 1.54) is 24.3 Å². The molecule has 2 rings (SSSR count). The second kappa shape index (κ2) is 9.66. The minimum Gasteiger partial charge on any atom is -0.394 e. The molecule has 3 atom stereocenters. The van der Waals surface area contributed by atoms with Crippen LogP contribution >= 0.6 is 11.6 Å². The van der Waals surface area contributed by atoms with Crippen LogP contribution in [-0.2, 0) is 19.6 Å². The SMILES string of the molecule is CCC(=O)N[C@@H]1CC[C@@H](CCNS(=O)(=O)c2ccc(Cl)cc2)O[C@H]1CO. The van der Waals surface area contributed by atoms with E-state index in [1.54, 1.807) is 6.92 Å². The van der Waals surface area contributed by atoms with Gasteiger partial charge in [-0.3, -0.25) is 4.79 Å². The lowest BCUT2D eigenvalue weighted by Crippen LogP contribution is -2.51. The number of aliphatic hydroxyl groups excluding tert-OH is 1. The lowest BCUT2D eigenvalue weighted by atomic mass is 9.97. The summed E-state index contributed by atoms with van der Waals surface area (Å²) in [5.74, 6) is -0.0776. The molecule has 0 unspecified atom stereocenters. The fourth-order valence-electron chi connectivity index (χ4n) is 2.87. The van der Waals surface area contributed by atoms with E-state index in [9.17, 15) is 18.3 Å². The van der Waals surface area contributed by atoms with Gasteiger partial charge in [0.05, 0.1) is 23.6 Å². The normalized spacial score (nSPS) is 23.6. The molecular formula is C17H25ClN2O5S. The van der Waals surface area contributed by atoms with Crippen molar-refractivity contribution in [1.29, 1.82) is 0 Å². The summed E-state index contributed by atoms with van der Waals surface area (Å²) in [5, 5.41) is 12.8. The highest BCUT2D eigenvalue weighted by molar-refractivity contribution is 7.89. The molecule has 1 fully saturated rings. The topological polar surface area (TPSA) is 105 Å². The molecule has 0 aliphatic carbocycles. The molecule has 1 heterocycles. The minimum absolute atomic E-state index is 0.0776. The predicted molar refractivity (Wildman–Crippen MR) is 98.5 cm³/mol. The average molecular weight is 405 g/mol. The predicted octanol–water partition coefficient (Wildman–Crippen LogP) is 1.44. The third-order valence-corrected chi connectivity index (χ3v) is 6.07. The molecule has 9 heteroatoms. The Balaban J connectivity index is 1.83.